The number of ether oxygens (including phenoxy) is 2. The van der Waals surface area contributed by atoms with E-state index in [4.69, 9.17) is 9.47 Å². The first-order valence-electron chi connectivity index (χ1n) is 6.93. The molecule has 0 aliphatic carbocycles. The zero-order valence-corrected chi connectivity index (χ0v) is 11.8. The Kier molecular flexibility index (Phi) is 13.8. The van der Waals surface area contributed by atoms with Crippen molar-refractivity contribution in [2.24, 2.45) is 0 Å². The number of hydrogen-bond donors (Lipinski definition) is 1. The third kappa shape index (κ3) is 12.1. The SMILES string of the molecule is CCNCCCN(CCOCC)CCOCC. The Morgan fingerprint density at radius 1 is 0.882 bits per heavy atom. The highest BCUT2D eigenvalue weighted by molar-refractivity contribution is 4.58. The molecule has 0 aromatic rings. The molecule has 0 rings (SSSR count). The highest BCUT2D eigenvalue weighted by atomic mass is 16.5. The van der Waals surface area contributed by atoms with Crippen LogP contribution < -0.4 is 5.32 Å². The Hall–Kier alpha value is -0.160. The van der Waals surface area contributed by atoms with Crippen molar-refractivity contribution in [1.82, 2.24) is 10.2 Å². The van der Waals surface area contributed by atoms with Gasteiger partial charge in [-0.25, -0.2) is 0 Å². The molecule has 4 heteroatoms. The van der Waals surface area contributed by atoms with Gasteiger partial charge < -0.3 is 14.8 Å². The minimum absolute atomic E-state index is 0.802. The zero-order chi connectivity index (χ0) is 12.8. The highest BCUT2D eigenvalue weighted by Gasteiger charge is 2.04. The van der Waals surface area contributed by atoms with Gasteiger partial charge in [0.05, 0.1) is 13.2 Å². The molecule has 0 radical (unpaired) electrons. The van der Waals surface area contributed by atoms with Crippen molar-refractivity contribution < 1.29 is 9.47 Å². The van der Waals surface area contributed by atoms with Crippen LogP contribution in [0.3, 0.4) is 0 Å². The van der Waals surface area contributed by atoms with E-state index in [9.17, 15) is 0 Å². The second-order valence-corrected chi connectivity index (χ2v) is 3.94. The lowest BCUT2D eigenvalue weighted by Gasteiger charge is -2.22. The van der Waals surface area contributed by atoms with Crippen LogP contribution in [0.25, 0.3) is 0 Å². The van der Waals surface area contributed by atoms with Crippen LogP contribution in [-0.4, -0.2) is 64.1 Å². The summed E-state index contributed by atoms with van der Waals surface area (Å²) in [6.45, 7) is 14.7. The fourth-order valence-corrected chi connectivity index (χ4v) is 1.62. The lowest BCUT2D eigenvalue weighted by atomic mass is 10.3. The van der Waals surface area contributed by atoms with Crippen LogP contribution >= 0.6 is 0 Å². The summed E-state index contributed by atoms with van der Waals surface area (Å²) < 4.78 is 10.8. The average molecular weight is 246 g/mol. The molecule has 4 nitrogen and oxygen atoms in total. The standard InChI is InChI=1S/C13H30N2O2/c1-4-14-8-7-9-15(10-12-16-5-2)11-13-17-6-3/h14H,4-13H2,1-3H3. The first-order valence-corrected chi connectivity index (χ1v) is 6.93. The van der Waals surface area contributed by atoms with Crippen molar-refractivity contribution >= 4 is 0 Å². The van der Waals surface area contributed by atoms with Crippen LogP contribution in [0.5, 0.6) is 0 Å². The van der Waals surface area contributed by atoms with Gasteiger partial charge in [0.15, 0.2) is 0 Å². The lowest BCUT2D eigenvalue weighted by Crippen LogP contribution is -2.33. The molecule has 0 fully saturated rings. The van der Waals surface area contributed by atoms with E-state index in [1.807, 2.05) is 13.8 Å². The summed E-state index contributed by atoms with van der Waals surface area (Å²) in [5.74, 6) is 0. The van der Waals surface area contributed by atoms with E-state index in [0.29, 0.717) is 0 Å². The van der Waals surface area contributed by atoms with Gasteiger partial charge in [-0.3, -0.25) is 4.90 Å². The molecule has 0 spiro atoms. The molecule has 0 unspecified atom stereocenters. The van der Waals surface area contributed by atoms with Crippen LogP contribution in [0.15, 0.2) is 0 Å². The predicted molar refractivity (Wildman–Crippen MR) is 72.6 cm³/mol. The molecular weight excluding hydrogens is 216 g/mol. The molecule has 0 heterocycles. The van der Waals surface area contributed by atoms with E-state index < -0.39 is 0 Å². The molecule has 0 bridgehead atoms. The van der Waals surface area contributed by atoms with Crippen LogP contribution in [0.4, 0.5) is 0 Å². The Morgan fingerprint density at radius 3 is 1.94 bits per heavy atom. The molecule has 1 N–H and O–H groups in total. The fourth-order valence-electron chi connectivity index (χ4n) is 1.62. The molecule has 0 atom stereocenters. The Bertz CT molecular complexity index is 135. The summed E-state index contributed by atoms with van der Waals surface area (Å²) >= 11 is 0. The summed E-state index contributed by atoms with van der Waals surface area (Å²) in [4.78, 5) is 2.42. The Morgan fingerprint density at radius 2 is 1.47 bits per heavy atom. The van der Waals surface area contributed by atoms with Gasteiger partial charge in [0.2, 0.25) is 0 Å². The molecule has 0 aromatic carbocycles. The summed E-state index contributed by atoms with van der Waals surface area (Å²) in [6.07, 6.45) is 1.19. The smallest absolute Gasteiger partial charge is 0.0593 e. The van der Waals surface area contributed by atoms with Gasteiger partial charge in [-0.05, 0) is 39.9 Å². The monoisotopic (exact) mass is 246 g/mol. The molecule has 0 saturated carbocycles. The maximum absolute atomic E-state index is 5.40. The number of rotatable bonds is 13. The lowest BCUT2D eigenvalue weighted by molar-refractivity contribution is 0.0824. The fraction of sp³-hybridized carbons (Fsp3) is 1.00. The second-order valence-electron chi connectivity index (χ2n) is 3.94. The van der Waals surface area contributed by atoms with Gasteiger partial charge in [-0.15, -0.1) is 0 Å². The Labute approximate surface area is 107 Å². The maximum Gasteiger partial charge on any atom is 0.0593 e. The molecule has 0 amide bonds. The van der Waals surface area contributed by atoms with E-state index in [1.54, 1.807) is 0 Å². The summed E-state index contributed by atoms with van der Waals surface area (Å²) in [7, 11) is 0. The molecule has 0 saturated heterocycles. The van der Waals surface area contributed by atoms with Gasteiger partial charge in [-0.2, -0.15) is 0 Å². The number of nitrogens with zero attached hydrogens (tertiary/aromatic N) is 1. The van der Waals surface area contributed by atoms with E-state index in [-0.39, 0.29) is 0 Å². The average Bonchev–Trinajstić information content (AvgIpc) is 2.34. The molecule has 104 valence electrons. The first kappa shape index (κ1) is 16.8. The van der Waals surface area contributed by atoms with Crippen molar-refractivity contribution in [1.29, 1.82) is 0 Å². The van der Waals surface area contributed by atoms with Crippen LogP contribution in [0.2, 0.25) is 0 Å². The van der Waals surface area contributed by atoms with E-state index in [0.717, 1.165) is 59.2 Å². The first-order chi connectivity index (χ1) is 8.35. The van der Waals surface area contributed by atoms with Crippen LogP contribution in [0.1, 0.15) is 27.2 Å². The Balaban J connectivity index is 3.60. The topological polar surface area (TPSA) is 33.7 Å². The zero-order valence-electron chi connectivity index (χ0n) is 11.8. The van der Waals surface area contributed by atoms with E-state index in [1.165, 1.54) is 6.42 Å². The van der Waals surface area contributed by atoms with Gasteiger partial charge in [0, 0.05) is 26.3 Å². The van der Waals surface area contributed by atoms with Gasteiger partial charge in [0.1, 0.15) is 0 Å². The van der Waals surface area contributed by atoms with Gasteiger partial charge >= 0.3 is 0 Å². The summed E-state index contributed by atoms with van der Waals surface area (Å²) in [5, 5.41) is 3.35. The van der Waals surface area contributed by atoms with Crippen molar-refractivity contribution in [3.05, 3.63) is 0 Å². The van der Waals surface area contributed by atoms with Crippen LogP contribution in [-0.2, 0) is 9.47 Å². The molecule has 17 heavy (non-hydrogen) atoms. The van der Waals surface area contributed by atoms with Crippen LogP contribution in [0, 0.1) is 0 Å². The van der Waals surface area contributed by atoms with Crippen molar-refractivity contribution in [3.8, 4) is 0 Å². The normalized spacial score (nSPS) is 11.3. The number of hydrogen-bond acceptors (Lipinski definition) is 4. The predicted octanol–water partition coefficient (Wildman–Crippen LogP) is 1.36. The third-order valence-corrected chi connectivity index (χ3v) is 2.59. The van der Waals surface area contributed by atoms with Crippen molar-refractivity contribution in [2.45, 2.75) is 27.2 Å². The van der Waals surface area contributed by atoms with E-state index in [2.05, 4.69) is 17.1 Å². The minimum atomic E-state index is 0.802. The third-order valence-electron chi connectivity index (χ3n) is 2.59. The van der Waals surface area contributed by atoms with Gasteiger partial charge in [-0.1, -0.05) is 6.92 Å². The highest BCUT2D eigenvalue weighted by Crippen LogP contribution is 1.93. The van der Waals surface area contributed by atoms with Crippen molar-refractivity contribution in [2.75, 3.05) is 59.2 Å². The molecule has 0 aliphatic rings. The van der Waals surface area contributed by atoms with Gasteiger partial charge in [0.25, 0.3) is 0 Å². The molecule has 0 aliphatic heterocycles. The molecular formula is C13H30N2O2. The van der Waals surface area contributed by atoms with Crippen molar-refractivity contribution in [3.63, 3.8) is 0 Å². The van der Waals surface area contributed by atoms with E-state index >= 15 is 0 Å². The minimum Gasteiger partial charge on any atom is -0.380 e. The second kappa shape index (κ2) is 13.9. The molecule has 0 aromatic heterocycles. The quantitative estimate of drug-likeness (QED) is 0.498. The largest absolute Gasteiger partial charge is 0.380 e. The number of nitrogens with one attached hydrogen (secondary N) is 1. The summed E-state index contributed by atoms with van der Waals surface area (Å²) in [6, 6.07) is 0. The summed E-state index contributed by atoms with van der Waals surface area (Å²) in [5.41, 5.74) is 0. The maximum atomic E-state index is 5.40.